The Morgan fingerprint density at radius 2 is 2.00 bits per heavy atom. The first kappa shape index (κ1) is 15.7. The highest BCUT2D eigenvalue weighted by Gasteiger charge is 2.17. The Kier molecular flexibility index (Phi) is 5.53. The largest absolute Gasteiger partial charge is 0.396 e. The smallest absolute Gasteiger partial charge is 0.252 e. The summed E-state index contributed by atoms with van der Waals surface area (Å²) < 4.78 is 0. The molecule has 2 N–H and O–H groups in total. The van der Waals surface area contributed by atoms with Gasteiger partial charge in [-0.25, -0.2) is 0 Å². The molecular weight excluding hydrogens is 282 g/mol. The second-order valence-electron chi connectivity index (χ2n) is 5.13. The van der Waals surface area contributed by atoms with E-state index in [1.54, 1.807) is 11.3 Å². The topological polar surface area (TPSA) is 49.3 Å². The van der Waals surface area contributed by atoms with Gasteiger partial charge in [0.15, 0.2) is 0 Å². The molecule has 112 valence electrons. The number of carbonyl (C=O) groups excluding carboxylic acids is 1. The maximum atomic E-state index is 12.5. The Morgan fingerprint density at radius 1 is 1.29 bits per heavy atom. The molecule has 1 aromatic carbocycles. The molecule has 0 saturated heterocycles. The standard InChI is InChI=1S/C17H21NO2S/c1-12-11-15(13(2)21-12)17(20)18-16(9-6-10-19)14-7-4-3-5-8-14/h3-5,7-8,11,16,19H,6,9-10H2,1-2H3,(H,18,20). The Bertz CT molecular complexity index is 592. The van der Waals surface area contributed by atoms with Crippen LogP contribution in [0.5, 0.6) is 0 Å². The molecule has 0 spiro atoms. The molecule has 1 aromatic heterocycles. The number of hydrogen-bond donors (Lipinski definition) is 2. The van der Waals surface area contributed by atoms with Crippen LogP contribution in [0.1, 0.15) is 44.6 Å². The molecule has 1 heterocycles. The number of hydrogen-bond acceptors (Lipinski definition) is 3. The van der Waals surface area contributed by atoms with E-state index in [0.717, 1.165) is 27.3 Å². The second-order valence-corrected chi connectivity index (χ2v) is 6.59. The first-order chi connectivity index (χ1) is 10.1. The van der Waals surface area contributed by atoms with Crippen molar-refractivity contribution >= 4 is 17.2 Å². The van der Waals surface area contributed by atoms with Crippen molar-refractivity contribution in [2.24, 2.45) is 0 Å². The SMILES string of the molecule is Cc1cc(C(=O)NC(CCCO)c2ccccc2)c(C)s1. The maximum Gasteiger partial charge on any atom is 0.252 e. The van der Waals surface area contributed by atoms with Gasteiger partial charge in [0.05, 0.1) is 11.6 Å². The first-order valence-corrected chi connectivity index (χ1v) is 7.97. The van der Waals surface area contributed by atoms with Gasteiger partial charge < -0.3 is 10.4 Å². The summed E-state index contributed by atoms with van der Waals surface area (Å²) in [6.45, 7) is 4.11. The Morgan fingerprint density at radius 3 is 2.57 bits per heavy atom. The van der Waals surface area contributed by atoms with Crippen LogP contribution >= 0.6 is 11.3 Å². The summed E-state index contributed by atoms with van der Waals surface area (Å²) in [4.78, 5) is 14.6. The molecule has 1 atom stereocenters. The molecule has 4 heteroatoms. The van der Waals surface area contributed by atoms with Gasteiger partial charge in [-0.3, -0.25) is 4.79 Å². The van der Waals surface area contributed by atoms with E-state index in [1.807, 2.05) is 50.2 Å². The van der Waals surface area contributed by atoms with E-state index in [0.29, 0.717) is 6.42 Å². The van der Waals surface area contributed by atoms with Crippen molar-refractivity contribution in [3.05, 3.63) is 57.3 Å². The molecule has 1 unspecified atom stereocenters. The highest BCUT2D eigenvalue weighted by atomic mass is 32.1. The summed E-state index contributed by atoms with van der Waals surface area (Å²) in [6, 6.07) is 11.8. The predicted molar refractivity (Wildman–Crippen MR) is 86.8 cm³/mol. The van der Waals surface area contributed by atoms with Crippen molar-refractivity contribution in [3.8, 4) is 0 Å². The fraction of sp³-hybridized carbons (Fsp3) is 0.353. The van der Waals surface area contributed by atoms with Crippen LogP contribution in [-0.4, -0.2) is 17.6 Å². The van der Waals surface area contributed by atoms with Crippen LogP contribution < -0.4 is 5.32 Å². The minimum atomic E-state index is -0.0644. The predicted octanol–water partition coefficient (Wildman–Crippen LogP) is 3.61. The molecule has 2 aromatic rings. The van der Waals surface area contributed by atoms with E-state index in [1.165, 1.54) is 0 Å². The molecule has 0 aliphatic heterocycles. The van der Waals surface area contributed by atoms with Crippen LogP contribution in [0.3, 0.4) is 0 Å². The molecular formula is C17H21NO2S. The van der Waals surface area contributed by atoms with Gasteiger partial charge in [0.1, 0.15) is 0 Å². The van der Waals surface area contributed by atoms with E-state index in [2.05, 4.69) is 5.32 Å². The van der Waals surface area contributed by atoms with Crippen molar-refractivity contribution in [2.45, 2.75) is 32.7 Å². The van der Waals surface area contributed by atoms with Crippen LogP contribution in [0.25, 0.3) is 0 Å². The van der Waals surface area contributed by atoms with Crippen LogP contribution in [0.15, 0.2) is 36.4 Å². The Hall–Kier alpha value is -1.65. The molecule has 2 rings (SSSR count). The normalized spacial score (nSPS) is 12.1. The number of thiophene rings is 1. The van der Waals surface area contributed by atoms with Crippen molar-refractivity contribution in [1.29, 1.82) is 0 Å². The van der Waals surface area contributed by atoms with Crippen LogP contribution in [0.4, 0.5) is 0 Å². The molecule has 0 fully saturated rings. The molecule has 0 aliphatic carbocycles. The highest BCUT2D eigenvalue weighted by Crippen LogP contribution is 2.23. The van der Waals surface area contributed by atoms with Gasteiger partial charge in [0.2, 0.25) is 0 Å². The number of nitrogens with one attached hydrogen (secondary N) is 1. The second kappa shape index (κ2) is 7.38. The lowest BCUT2D eigenvalue weighted by Gasteiger charge is -2.19. The fourth-order valence-electron chi connectivity index (χ4n) is 2.40. The summed E-state index contributed by atoms with van der Waals surface area (Å²) >= 11 is 1.64. The van der Waals surface area contributed by atoms with Crippen LogP contribution in [-0.2, 0) is 0 Å². The van der Waals surface area contributed by atoms with Gasteiger partial charge >= 0.3 is 0 Å². The van der Waals surface area contributed by atoms with Crippen molar-refractivity contribution < 1.29 is 9.90 Å². The van der Waals surface area contributed by atoms with Crippen molar-refractivity contribution in [2.75, 3.05) is 6.61 Å². The van der Waals surface area contributed by atoms with Gasteiger partial charge in [-0.2, -0.15) is 0 Å². The number of aliphatic hydroxyl groups excluding tert-OH is 1. The molecule has 21 heavy (non-hydrogen) atoms. The number of rotatable bonds is 6. The lowest BCUT2D eigenvalue weighted by Crippen LogP contribution is -2.28. The van der Waals surface area contributed by atoms with E-state index < -0.39 is 0 Å². The summed E-state index contributed by atoms with van der Waals surface area (Å²) in [6.07, 6.45) is 1.40. The molecule has 1 amide bonds. The van der Waals surface area contributed by atoms with Gasteiger partial charge in [-0.1, -0.05) is 30.3 Å². The zero-order chi connectivity index (χ0) is 15.2. The summed E-state index contributed by atoms with van der Waals surface area (Å²) in [5, 5.41) is 12.1. The summed E-state index contributed by atoms with van der Waals surface area (Å²) in [7, 11) is 0. The monoisotopic (exact) mass is 303 g/mol. The fourth-order valence-corrected chi connectivity index (χ4v) is 3.32. The summed E-state index contributed by atoms with van der Waals surface area (Å²) in [5.41, 5.74) is 1.83. The van der Waals surface area contributed by atoms with Crippen molar-refractivity contribution in [1.82, 2.24) is 5.32 Å². The molecule has 0 saturated carbocycles. The Labute approximate surface area is 129 Å². The number of aliphatic hydroxyl groups is 1. The van der Waals surface area contributed by atoms with E-state index in [-0.39, 0.29) is 18.6 Å². The van der Waals surface area contributed by atoms with Gasteiger partial charge in [0, 0.05) is 16.4 Å². The zero-order valence-corrected chi connectivity index (χ0v) is 13.2. The molecule has 0 aliphatic rings. The number of carbonyl (C=O) groups is 1. The highest BCUT2D eigenvalue weighted by molar-refractivity contribution is 7.12. The van der Waals surface area contributed by atoms with E-state index in [9.17, 15) is 4.79 Å². The van der Waals surface area contributed by atoms with Crippen LogP contribution in [0, 0.1) is 13.8 Å². The van der Waals surface area contributed by atoms with E-state index >= 15 is 0 Å². The third-order valence-electron chi connectivity index (χ3n) is 3.44. The van der Waals surface area contributed by atoms with Gasteiger partial charge in [-0.15, -0.1) is 11.3 Å². The molecule has 0 radical (unpaired) electrons. The van der Waals surface area contributed by atoms with Crippen LogP contribution in [0.2, 0.25) is 0 Å². The first-order valence-electron chi connectivity index (χ1n) is 7.15. The third kappa shape index (κ3) is 4.16. The minimum Gasteiger partial charge on any atom is -0.396 e. The number of amides is 1. The number of aryl methyl sites for hydroxylation is 2. The minimum absolute atomic E-state index is 0.0383. The lowest BCUT2D eigenvalue weighted by molar-refractivity contribution is 0.0932. The average molecular weight is 303 g/mol. The zero-order valence-electron chi connectivity index (χ0n) is 12.4. The van der Waals surface area contributed by atoms with Gasteiger partial charge in [-0.05, 0) is 38.3 Å². The molecule has 3 nitrogen and oxygen atoms in total. The lowest BCUT2D eigenvalue weighted by atomic mass is 10.0. The van der Waals surface area contributed by atoms with Crippen molar-refractivity contribution in [3.63, 3.8) is 0 Å². The number of benzene rings is 1. The maximum absolute atomic E-state index is 12.5. The van der Waals surface area contributed by atoms with E-state index in [4.69, 9.17) is 5.11 Å². The third-order valence-corrected chi connectivity index (χ3v) is 4.41. The molecule has 0 bridgehead atoms. The summed E-state index contributed by atoms with van der Waals surface area (Å²) in [5.74, 6) is -0.0383. The quantitative estimate of drug-likeness (QED) is 0.856. The Balaban J connectivity index is 2.15. The van der Waals surface area contributed by atoms with Gasteiger partial charge in [0.25, 0.3) is 5.91 Å². The average Bonchev–Trinajstić information content (AvgIpc) is 2.83.